The Hall–Kier alpha value is -1.12. The predicted octanol–water partition coefficient (Wildman–Crippen LogP) is 1.35. The van der Waals surface area contributed by atoms with Crippen LogP contribution in [-0.2, 0) is 14.8 Å². The second-order valence-electron chi connectivity index (χ2n) is 5.26. The fraction of sp³-hybridized carbons (Fsp3) is 0.462. The minimum absolute atomic E-state index is 0.144. The van der Waals surface area contributed by atoms with Gasteiger partial charge in [0.15, 0.2) is 0 Å². The third-order valence-electron chi connectivity index (χ3n) is 3.70. The fourth-order valence-electron chi connectivity index (χ4n) is 2.51. The zero-order valence-corrected chi connectivity index (χ0v) is 13.8. The summed E-state index contributed by atoms with van der Waals surface area (Å²) in [5.74, 6) is -0.452. The van der Waals surface area contributed by atoms with Gasteiger partial charge < -0.3 is 11.5 Å². The molecule has 0 bridgehead atoms. The summed E-state index contributed by atoms with van der Waals surface area (Å²) >= 11 is 3.22. The Labute approximate surface area is 132 Å². The smallest absolute Gasteiger partial charge is 0.241 e. The van der Waals surface area contributed by atoms with Gasteiger partial charge in [-0.1, -0.05) is 0 Å². The number of hydrogen-bond acceptors (Lipinski definition) is 4. The quantitative estimate of drug-likeness (QED) is 0.688. The monoisotopic (exact) mass is 375 g/mol. The van der Waals surface area contributed by atoms with E-state index >= 15 is 0 Å². The van der Waals surface area contributed by atoms with E-state index in [-0.39, 0.29) is 22.8 Å². The molecule has 0 aromatic heterocycles. The van der Waals surface area contributed by atoms with Gasteiger partial charge in [-0.15, -0.1) is 0 Å². The molecule has 8 heteroatoms. The highest BCUT2D eigenvalue weighted by Crippen LogP contribution is 2.28. The maximum absolute atomic E-state index is 12.4. The van der Waals surface area contributed by atoms with Gasteiger partial charge in [0.05, 0.1) is 4.90 Å². The molecule has 0 spiro atoms. The summed E-state index contributed by atoms with van der Waals surface area (Å²) in [6, 6.07) is 4.40. The van der Waals surface area contributed by atoms with Crippen LogP contribution in [0.5, 0.6) is 0 Å². The van der Waals surface area contributed by atoms with Crippen LogP contribution >= 0.6 is 15.9 Å². The van der Waals surface area contributed by atoms with Crippen molar-refractivity contribution in [1.82, 2.24) is 4.72 Å². The lowest BCUT2D eigenvalue weighted by atomic mass is 9.86. The Bertz CT molecular complexity index is 640. The van der Waals surface area contributed by atoms with Crippen LogP contribution in [0.1, 0.15) is 25.7 Å². The number of benzene rings is 1. The molecule has 1 amide bonds. The van der Waals surface area contributed by atoms with Crippen molar-refractivity contribution in [2.75, 3.05) is 5.73 Å². The van der Waals surface area contributed by atoms with E-state index in [0.717, 1.165) is 0 Å². The van der Waals surface area contributed by atoms with Gasteiger partial charge in [-0.25, -0.2) is 13.1 Å². The molecule has 6 nitrogen and oxygen atoms in total. The van der Waals surface area contributed by atoms with E-state index in [9.17, 15) is 13.2 Å². The Morgan fingerprint density at radius 1 is 1.24 bits per heavy atom. The van der Waals surface area contributed by atoms with Gasteiger partial charge in [-0.2, -0.15) is 0 Å². The summed E-state index contributed by atoms with van der Waals surface area (Å²) in [5.41, 5.74) is 11.4. The van der Waals surface area contributed by atoms with Crippen molar-refractivity contribution in [1.29, 1.82) is 0 Å². The maximum Gasteiger partial charge on any atom is 0.241 e. The van der Waals surface area contributed by atoms with E-state index < -0.39 is 10.0 Å². The molecule has 116 valence electrons. The molecular weight excluding hydrogens is 358 g/mol. The summed E-state index contributed by atoms with van der Waals surface area (Å²) in [7, 11) is -3.61. The molecular formula is C13H18BrN3O3S. The molecule has 1 aromatic rings. The lowest BCUT2D eigenvalue weighted by Gasteiger charge is -2.27. The number of halogens is 1. The average Bonchev–Trinajstić information content (AvgIpc) is 2.38. The van der Waals surface area contributed by atoms with E-state index in [4.69, 9.17) is 11.5 Å². The van der Waals surface area contributed by atoms with Gasteiger partial charge in [-0.3, -0.25) is 4.79 Å². The normalized spacial score (nSPS) is 22.9. The first kappa shape index (κ1) is 16.3. The largest absolute Gasteiger partial charge is 0.399 e. The van der Waals surface area contributed by atoms with Crippen LogP contribution in [-0.4, -0.2) is 20.4 Å². The molecule has 0 atom stereocenters. The topological polar surface area (TPSA) is 115 Å². The van der Waals surface area contributed by atoms with E-state index in [0.29, 0.717) is 35.8 Å². The Balaban J connectivity index is 2.07. The summed E-state index contributed by atoms with van der Waals surface area (Å²) in [4.78, 5) is 11.3. The number of carbonyl (C=O) groups is 1. The molecule has 0 radical (unpaired) electrons. The second kappa shape index (κ2) is 6.33. The van der Waals surface area contributed by atoms with Crippen LogP contribution in [0.4, 0.5) is 5.69 Å². The number of carbonyl (C=O) groups excluding carboxylic acids is 1. The molecule has 5 N–H and O–H groups in total. The average molecular weight is 376 g/mol. The number of nitrogens with two attached hydrogens (primary N) is 2. The summed E-state index contributed by atoms with van der Waals surface area (Å²) in [6.45, 7) is 0. The molecule has 1 fully saturated rings. The number of hydrogen-bond donors (Lipinski definition) is 3. The van der Waals surface area contributed by atoms with Gasteiger partial charge in [-0.05, 0) is 59.8 Å². The third-order valence-corrected chi connectivity index (χ3v) is 6.19. The zero-order chi connectivity index (χ0) is 15.6. The number of nitrogens with one attached hydrogen (secondary N) is 1. The Kier molecular flexibility index (Phi) is 4.90. The molecule has 21 heavy (non-hydrogen) atoms. The zero-order valence-electron chi connectivity index (χ0n) is 11.4. The number of primary amides is 1. The van der Waals surface area contributed by atoms with Crippen molar-refractivity contribution in [2.45, 2.75) is 36.6 Å². The maximum atomic E-state index is 12.4. The number of sulfonamides is 1. The molecule has 1 aliphatic carbocycles. The van der Waals surface area contributed by atoms with Gasteiger partial charge in [0, 0.05) is 22.1 Å². The first-order chi connectivity index (χ1) is 9.79. The fourth-order valence-corrected chi connectivity index (χ4v) is 4.91. The van der Waals surface area contributed by atoms with Crippen molar-refractivity contribution in [2.24, 2.45) is 11.7 Å². The molecule has 0 saturated heterocycles. The number of anilines is 1. The van der Waals surface area contributed by atoms with E-state index in [1.54, 1.807) is 12.1 Å². The molecule has 1 saturated carbocycles. The van der Waals surface area contributed by atoms with Gasteiger partial charge in [0.1, 0.15) is 0 Å². The first-order valence-electron chi connectivity index (χ1n) is 6.66. The number of nitrogen functional groups attached to an aromatic ring is 1. The minimum Gasteiger partial charge on any atom is -0.399 e. The Morgan fingerprint density at radius 2 is 1.86 bits per heavy atom. The van der Waals surface area contributed by atoms with Gasteiger partial charge in [0.2, 0.25) is 15.9 Å². The van der Waals surface area contributed by atoms with Crippen molar-refractivity contribution in [3.05, 3.63) is 22.7 Å². The molecule has 0 heterocycles. The minimum atomic E-state index is -3.61. The number of rotatable bonds is 4. The van der Waals surface area contributed by atoms with Gasteiger partial charge in [0.25, 0.3) is 0 Å². The molecule has 2 rings (SSSR count). The predicted molar refractivity (Wildman–Crippen MR) is 83.8 cm³/mol. The Morgan fingerprint density at radius 3 is 2.38 bits per heavy atom. The highest BCUT2D eigenvalue weighted by Gasteiger charge is 2.28. The van der Waals surface area contributed by atoms with E-state index in [2.05, 4.69) is 20.7 Å². The first-order valence-corrected chi connectivity index (χ1v) is 8.94. The van der Waals surface area contributed by atoms with Crippen LogP contribution in [0.3, 0.4) is 0 Å². The van der Waals surface area contributed by atoms with Crippen molar-refractivity contribution < 1.29 is 13.2 Å². The highest BCUT2D eigenvalue weighted by atomic mass is 79.9. The van der Waals surface area contributed by atoms with Crippen LogP contribution in [0, 0.1) is 5.92 Å². The molecule has 1 aliphatic rings. The van der Waals surface area contributed by atoms with E-state index in [1.807, 2.05) is 0 Å². The summed E-state index contributed by atoms with van der Waals surface area (Å²) in [6.07, 6.45) is 2.45. The summed E-state index contributed by atoms with van der Waals surface area (Å²) in [5, 5.41) is 0. The third kappa shape index (κ3) is 3.96. The standard InChI is InChI=1S/C13H18BrN3O3S/c14-11-7-9(15)3-6-12(11)21(19,20)17-10-4-1-8(2-5-10)13(16)18/h3,6-8,10,17H,1-2,4-5,15H2,(H2,16,18). The van der Waals surface area contributed by atoms with Crippen LogP contribution in [0.2, 0.25) is 0 Å². The molecule has 0 unspecified atom stereocenters. The van der Waals surface area contributed by atoms with Crippen LogP contribution in [0.25, 0.3) is 0 Å². The summed E-state index contributed by atoms with van der Waals surface area (Å²) < 4.78 is 27.9. The van der Waals surface area contributed by atoms with E-state index in [1.165, 1.54) is 6.07 Å². The van der Waals surface area contributed by atoms with Crippen molar-refractivity contribution in [3.8, 4) is 0 Å². The number of amides is 1. The van der Waals surface area contributed by atoms with Crippen LogP contribution in [0.15, 0.2) is 27.6 Å². The van der Waals surface area contributed by atoms with Gasteiger partial charge >= 0.3 is 0 Å². The highest BCUT2D eigenvalue weighted by molar-refractivity contribution is 9.10. The molecule has 1 aromatic carbocycles. The van der Waals surface area contributed by atoms with Crippen LogP contribution < -0.4 is 16.2 Å². The van der Waals surface area contributed by atoms with Crippen molar-refractivity contribution >= 4 is 37.5 Å². The molecule has 0 aliphatic heterocycles. The lowest BCUT2D eigenvalue weighted by molar-refractivity contribution is -0.122. The lowest BCUT2D eigenvalue weighted by Crippen LogP contribution is -2.39. The van der Waals surface area contributed by atoms with Crippen molar-refractivity contribution in [3.63, 3.8) is 0 Å². The SMILES string of the molecule is NC(=O)C1CCC(NS(=O)(=O)c2ccc(N)cc2Br)CC1. The second-order valence-corrected chi connectivity index (χ2v) is 7.80.